The molecule has 3 N–H and O–H groups in total. The largest absolute Gasteiger partial charge is 0.486 e. The molecule has 0 saturated carbocycles. The zero-order valence-electron chi connectivity index (χ0n) is 12.6. The molecule has 0 radical (unpaired) electrons. The number of benzene rings is 2. The number of fused-ring (bicyclic) bond motifs is 1. The van der Waals surface area contributed by atoms with E-state index in [1.54, 1.807) is 6.07 Å². The van der Waals surface area contributed by atoms with E-state index in [0.29, 0.717) is 4.70 Å². The number of carbonyl (C=O) groups is 2. The number of nitrogens with two attached hydrogens (primary N) is 1. The average molecular weight is 363 g/mol. The van der Waals surface area contributed by atoms with E-state index in [-0.39, 0.29) is 33.7 Å². The van der Waals surface area contributed by atoms with Crippen molar-refractivity contribution in [1.29, 1.82) is 0 Å². The quantitative estimate of drug-likeness (QED) is 0.725. The minimum absolute atomic E-state index is 0.0249. The molecule has 3 aromatic rings. The van der Waals surface area contributed by atoms with Gasteiger partial charge in [0.1, 0.15) is 17.3 Å². The first-order valence-corrected chi connectivity index (χ1v) is 7.85. The molecule has 5 nitrogen and oxygen atoms in total. The zero-order chi connectivity index (χ0) is 18.1. The summed E-state index contributed by atoms with van der Waals surface area (Å²) >= 11 is 0.917. The Morgan fingerprint density at radius 1 is 1.16 bits per heavy atom. The van der Waals surface area contributed by atoms with Crippen LogP contribution in [0.25, 0.3) is 10.1 Å². The Balaban J connectivity index is 1.97. The van der Waals surface area contributed by atoms with Crippen molar-refractivity contribution in [3.8, 4) is 5.75 Å². The summed E-state index contributed by atoms with van der Waals surface area (Å²) in [6.07, 6.45) is 0. The topological polar surface area (TPSA) is 89.6 Å². The van der Waals surface area contributed by atoms with E-state index in [1.807, 2.05) is 0 Å². The van der Waals surface area contributed by atoms with Crippen molar-refractivity contribution < 1.29 is 28.2 Å². The predicted octanol–water partition coefficient (Wildman–Crippen LogP) is 3.56. The van der Waals surface area contributed by atoms with E-state index in [9.17, 15) is 23.5 Å². The highest BCUT2D eigenvalue weighted by atomic mass is 32.1. The van der Waals surface area contributed by atoms with Crippen LogP contribution in [0.4, 0.5) is 8.78 Å². The molecule has 0 spiro atoms. The maximum Gasteiger partial charge on any atom is 0.346 e. The van der Waals surface area contributed by atoms with Gasteiger partial charge in [0.05, 0.1) is 0 Å². The Bertz CT molecular complexity index is 1000. The number of carboxylic acid groups (broad SMARTS) is 1. The van der Waals surface area contributed by atoms with Gasteiger partial charge in [-0.3, -0.25) is 4.79 Å². The normalized spacial score (nSPS) is 10.8. The second-order valence-electron chi connectivity index (χ2n) is 5.13. The van der Waals surface area contributed by atoms with Gasteiger partial charge in [0.25, 0.3) is 0 Å². The number of aromatic carboxylic acids is 1. The fourth-order valence-electron chi connectivity index (χ4n) is 2.40. The number of thiophene rings is 1. The number of rotatable bonds is 5. The minimum atomic E-state index is -1.22. The SMILES string of the molecule is NC(=O)c1ccc(OCc2c(C(=O)O)sc3cccc(F)c23)c(F)c1. The van der Waals surface area contributed by atoms with Gasteiger partial charge in [0, 0.05) is 21.2 Å². The minimum Gasteiger partial charge on any atom is -0.486 e. The van der Waals surface area contributed by atoms with Crippen LogP contribution in [-0.2, 0) is 6.61 Å². The van der Waals surface area contributed by atoms with E-state index in [2.05, 4.69) is 0 Å². The van der Waals surface area contributed by atoms with E-state index >= 15 is 0 Å². The first kappa shape index (κ1) is 16.8. The van der Waals surface area contributed by atoms with Crippen LogP contribution in [-0.4, -0.2) is 17.0 Å². The molecular formula is C17H11F2NO4S. The summed E-state index contributed by atoms with van der Waals surface area (Å²) in [6.45, 7) is -0.338. The van der Waals surface area contributed by atoms with E-state index in [1.165, 1.54) is 24.3 Å². The molecule has 1 amide bonds. The Morgan fingerprint density at radius 3 is 2.56 bits per heavy atom. The lowest BCUT2D eigenvalue weighted by Crippen LogP contribution is -2.11. The summed E-state index contributed by atoms with van der Waals surface area (Å²) < 4.78 is 33.9. The average Bonchev–Trinajstić information content (AvgIpc) is 2.94. The first-order valence-electron chi connectivity index (χ1n) is 7.04. The van der Waals surface area contributed by atoms with Crippen LogP contribution in [0, 0.1) is 11.6 Å². The van der Waals surface area contributed by atoms with Crippen LogP contribution in [0.1, 0.15) is 25.6 Å². The predicted molar refractivity (Wildman–Crippen MR) is 88.0 cm³/mol. The molecule has 0 fully saturated rings. The molecule has 0 aliphatic heterocycles. The number of hydrogen-bond acceptors (Lipinski definition) is 4. The van der Waals surface area contributed by atoms with Crippen molar-refractivity contribution >= 4 is 33.3 Å². The van der Waals surface area contributed by atoms with Crippen molar-refractivity contribution in [3.63, 3.8) is 0 Å². The van der Waals surface area contributed by atoms with Crippen LogP contribution in [0.3, 0.4) is 0 Å². The van der Waals surface area contributed by atoms with Crippen LogP contribution in [0.2, 0.25) is 0 Å². The highest BCUT2D eigenvalue weighted by molar-refractivity contribution is 7.21. The van der Waals surface area contributed by atoms with Gasteiger partial charge >= 0.3 is 5.97 Å². The summed E-state index contributed by atoms with van der Waals surface area (Å²) in [5, 5.41) is 9.45. The van der Waals surface area contributed by atoms with Gasteiger partial charge in [-0.25, -0.2) is 13.6 Å². The molecule has 0 bridgehead atoms. The molecule has 128 valence electrons. The number of amides is 1. The van der Waals surface area contributed by atoms with Crippen molar-refractivity contribution in [3.05, 3.63) is 64.0 Å². The molecule has 3 rings (SSSR count). The third-order valence-electron chi connectivity index (χ3n) is 3.55. The second-order valence-corrected chi connectivity index (χ2v) is 6.18. The van der Waals surface area contributed by atoms with Crippen LogP contribution < -0.4 is 10.5 Å². The number of carbonyl (C=O) groups excluding carboxylic acids is 1. The van der Waals surface area contributed by atoms with Crippen LogP contribution >= 0.6 is 11.3 Å². The second kappa shape index (κ2) is 6.48. The Labute approximate surface area is 144 Å². The van der Waals surface area contributed by atoms with E-state index < -0.39 is 23.5 Å². The Morgan fingerprint density at radius 2 is 1.92 bits per heavy atom. The standard InChI is InChI=1S/C17H11F2NO4S/c18-10-2-1-3-13-14(10)9(15(25-13)17(22)23)7-24-12-5-4-8(16(20)21)6-11(12)19/h1-6H,7H2,(H2,20,21)(H,22,23). The molecule has 8 heteroatoms. The third-order valence-corrected chi connectivity index (χ3v) is 4.73. The molecule has 0 aliphatic rings. The number of hydrogen-bond donors (Lipinski definition) is 2. The smallest absolute Gasteiger partial charge is 0.346 e. The van der Waals surface area contributed by atoms with Gasteiger partial charge in [-0.1, -0.05) is 6.07 Å². The van der Waals surface area contributed by atoms with Gasteiger partial charge in [-0.05, 0) is 30.3 Å². The monoisotopic (exact) mass is 363 g/mol. The molecule has 0 atom stereocenters. The maximum atomic E-state index is 14.1. The van der Waals surface area contributed by atoms with Gasteiger partial charge in [0.15, 0.2) is 11.6 Å². The molecule has 1 heterocycles. The molecule has 0 saturated heterocycles. The van der Waals surface area contributed by atoms with Crippen molar-refractivity contribution in [2.24, 2.45) is 5.73 Å². The lowest BCUT2D eigenvalue weighted by molar-refractivity contribution is 0.0699. The highest BCUT2D eigenvalue weighted by Crippen LogP contribution is 2.34. The lowest BCUT2D eigenvalue weighted by Gasteiger charge is -2.09. The van der Waals surface area contributed by atoms with Gasteiger partial charge in [-0.15, -0.1) is 11.3 Å². The molecule has 2 aromatic carbocycles. The third kappa shape index (κ3) is 3.16. The van der Waals surface area contributed by atoms with Gasteiger partial charge in [0.2, 0.25) is 5.91 Å². The maximum absolute atomic E-state index is 14.1. The number of carboxylic acids is 1. The Hall–Kier alpha value is -3.00. The number of halogens is 2. The molecule has 0 aliphatic carbocycles. The number of ether oxygens (including phenoxy) is 1. The summed E-state index contributed by atoms with van der Waals surface area (Å²) in [4.78, 5) is 22.4. The zero-order valence-corrected chi connectivity index (χ0v) is 13.4. The fraction of sp³-hybridized carbons (Fsp3) is 0.0588. The molecule has 0 unspecified atom stereocenters. The summed E-state index contributed by atoms with van der Waals surface area (Å²) in [5.41, 5.74) is 5.17. The molecular weight excluding hydrogens is 352 g/mol. The van der Waals surface area contributed by atoms with Crippen molar-refractivity contribution in [1.82, 2.24) is 0 Å². The highest BCUT2D eigenvalue weighted by Gasteiger charge is 2.21. The fourth-order valence-corrected chi connectivity index (χ4v) is 3.46. The van der Waals surface area contributed by atoms with Crippen molar-refractivity contribution in [2.75, 3.05) is 0 Å². The Kier molecular flexibility index (Phi) is 4.37. The lowest BCUT2D eigenvalue weighted by atomic mass is 10.1. The molecule has 25 heavy (non-hydrogen) atoms. The van der Waals surface area contributed by atoms with Gasteiger partial charge < -0.3 is 15.6 Å². The summed E-state index contributed by atoms with van der Waals surface area (Å²) in [6, 6.07) is 7.70. The van der Waals surface area contributed by atoms with E-state index in [0.717, 1.165) is 17.4 Å². The van der Waals surface area contributed by atoms with Gasteiger partial charge in [-0.2, -0.15) is 0 Å². The first-order chi connectivity index (χ1) is 11.9. The van der Waals surface area contributed by atoms with Crippen LogP contribution in [0.15, 0.2) is 36.4 Å². The van der Waals surface area contributed by atoms with Crippen LogP contribution in [0.5, 0.6) is 5.75 Å². The molecule has 1 aromatic heterocycles. The summed E-state index contributed by atoms with van der Waals surface area (Å²) in [5.74, 6) is -3.61. The van der Waals surface area contributed by atoms with Crippen molar-refractivity contribution in [2.45, 2.75) is 6.61 Å². The van der Waals surface area contributed by atoms with E-state index in [4.69, 9.17) is 10.5 Å². The number of primary amides is 1. The summed E-state index contributed by atoms with van der Waals surface area (Å²) in [7, 11) is 0.